The highest BCUT2D eigenvalue weighted by atomic mass is 16.5. The maximum Gasteiger partial charge on any atom is 0.305 e. The number of ether oxygens (including phenoxy) is 1. The molecule has 0 saturated heterocycles. The summed E-state index contributed by atoms with van der Waals surface area (Å²) in [7, 11) is 0. The molecule has 0 aromatic rings. The Morgan fingerprint density at radius 2 is 2.23 bits per heavy atom. The van der Waals surface area contributed by atoms with E-state index in [1.54, 1.807) is 6.92 Å². The lowest BCUT2D eigenvalue weighted by atomic mass is 9.87. The molecule has 13 heavy (non-hydrogen) atoms. The molecule has 1 fully saturated rings. The SMILES string of the molecule is CCC(=O)OC1CCCCC1C#N. The van der Waals surface area contributed by atoms with E-state index in [0.717, 1.165) is 25.7 Å². The molecule has 2 unspecified atom stereocenters. The molecule has 3 nitrogen and oxygen atoms in total. The molecule has 0 aromatic carbocycles. The van der Waals surface area contributed by atoms with Gasteiger partial charge >= 0.3 is 5.97 Å². The number of nitrogens with zero attached hydrogens (tertiary/aromatic N) is 1. The summed E-state index contributed by atoms with van der Waals surface area (Å²) in [5.74, 6) is -0.267. The third-order valence-electron chi connectivity index (χ3n) is 2.44. The third-order valence-corrected chi connectivity index (χ3v) is 2.44. The van der Waals surface area contributed by atoms with Crippen LogP contribution in [0.5, 0.6) is 0 Å². The summed E-state index contributed by atoms with van der Waals surface area (Å²) >= 11 is 0. The Balaban J connectivity index is 2.46. The Morgan fingerprint density at radius 1 is 1.54 bits per heavy atom. The van der Waals surface area contributed by atoms with E-state index in [2.05, 4.69) is 6.07 Å². The summed E-state index contributed by atoms with van der Waals surface area (Å²) in [6, 6.07) is 2.21. The van der Waals surface area contributed by atoms with E-state index in [-0.39, 0.29) is 18.0 Å². The number of rotatable bonds is 2. The molecule has 0 radical (unpaired) electrons. The van der Waals surface area contributed by atoms with Gasteiger partial charge < -0.3 is 4.74 Å². The Morgan fingerprint density at radius 3 is 2.85 bits per heavy atom. The van der Waals surface area contributed by atoms with Gasteiger partial charge in [-0.25, -0.2) is 0 Å². The van der Waals surface area contributed by atoms with Gasteiger partial charge in [-0.1, -0.05) is 13.3 Å². The van der Waals surface area contributed by atoms with Crippen LogP contribution < -0.4 is 0 Å². The van der Waals surface area contributed by atoms with Crippen molar-refractivity contribution in [3.05, 3.63) is 0 Å². The van der Waals surface area contributed by atoms with E-state index in [1.165, 1.54) is 0 Å². The highest BCUT2D eigenvalue weighted by Crippen LogP contribution is 2.26. The second kappa shape index (κ2) is 4.86. The predicted octanol–water partition coefficient (Wildman–Crippen LogP) is 2.02. The topological polar surface area (TPSA) is 50.1 Å². The van der Waals surface area contributed by atoms with Crippen LogP contribution in [-0.2, 0) is 9.53 Å². The van der Waals surface area contributed by atoms with E-state index >= 15 is 0 Å². The lowest BCUT2D eigenvalue weighted by molar-refractivity contribution is -0.151. The standard InChI is InChI=1S/C10H15NO2/c1-2-10(12)13-9-6-4-3-5-8(9)7-11/h8-9H,2-6H2,1H3. The third kappa shape index (κ3) is 2.73. The fraction of sp³-hybridized carbons (Fsp3) is 0.800. The van der Waals surface area contributed by atoms with Crippen LogP contribution in [-0.4, -0.2) is 12.1 Å². The smallest absolute Gasteiger partial charge is 0.305 e. The highest BCUT2D eigenvalue weighted by Gasteiger charge is 2.27. The van der Waals surface area contributed by atoms with Crippen LogP contribution in [0.15, 0.2) is 0 Å². The second-order valence-electron chi connectivity index (χ2n) is 3.40. The summed E-state index contributed by atoms with van der Waals surface area (Å²) in [6.45, 7) is 1.77. The average Bonchev–Trinajstić information content (AvgIpc) is 2.18. The van der Waals surface area contributed by atoms with Gasteiger partial charge in [-0.3, -0.25) is 4.79 Å². The van der Waals surface area contributed by atoms with Crippen molar-refractivity contribution in [3.8, 4) is 6.07 Å². The number of esters is 1. The molecular formula is C10H15NO2. The zero-order valence-corrected chi connectivity index (χ0v) is 7.95. The number of carbonyl (C=O) groups excluding carboxylic acids is 1. The van der Waals surface area contributed by atoms with E-state index < -0.39 is 0 Å². The first-order valence-electron chi connectivity index (χ1n) is 4.87. The maximum absolute atomic E-state index is 11.0. The lowest BCUT2D eigenvalue weighted by Gasteiger charge is -2.26. The molecule has 0 heterocycles. The summed E-state index contributed by atoms with van der Waals surface area (Å²) in [6.07, 6.45) is 4.13. The number of hydrogen-bond donors (Lipinski definition) is 0. The molecule has 0 aliphatic heterocycles. The number of hydrogen-bond acceptors (Lipinski definition) is 3. The van der Waals surface area contributed by atoms with Crippen molar-refractivity contribution in [2.45, 2.75) is 45.1 Å². The van der Waals surface area contributed by atoms with Crippen molar-refractivity contribution in [1.82, 2.24) is 0 Å². The lowest BCUT2D eigenvalue weighted by Crippen LogP contribution is -2.28. The molecule has 0 spiro atoms. The van der Waals surface area contributed by atoms with Gasteiger partial charge in [0.05, 0.1) is 12.0 Å². The summed E-state index contributed by atoms with van der Waals surface area (Å²) in [5, 5.41) is 8.81. The molecular weight excluding hydrogens is 166 g/mol. The van der Waals surface area contributed by atoms with Gasteiger partial charge in [-0.15, -0.1) is 0 Å². The minimum atomic E-state index is -0.188. The van der Waals surface area contributed by atoms with E-state index in [0.29, 0.717) is 6.42 Å². The van der Waals surface area contributed by atoms with Crippen molar-refractivity contribution < 1.29 is 9.53 Å². The van der Waals surface area contributed by atoms with Crippen molar-refractivity contribution >= 4 is 5.97 Å². The largest absolute Gasteiger partial charge is 0.461 e. The molecule has 0 bridgehead atoms. The van der Waals surface area contributed by atoms with Gasteiger partial charge in [0, 0.05) is 6.42 Å². The Labute approximate surface area is 78.7 Å². The van der Waals surface area contributed by atoms with Gasteiger partial charge in [0.1, 0.15) is 6.10 Å². The molecule has 0 N–H and O–H groups in total. The zero-order chi connectivity index (χ0) is 9.68. The molecule has 0 aromatic heterocycles. The van der Waals surface area contributed by atoms with Crippen molar-refractivity contribution in [2.24, 2.45) is 5.92 Å². The van der Waals surface area contributed by atoms with Gasteiger partial charge in [0.15, 0.2) is 0 Å². The minimum absolute atomic E-state index is 0.0794. The van der Waals surface area contributed by atoms with Gasteiger partial charge in [-0.05, 0) is 19.3 Å². The normalized spacial score (nSPS) is 27.7. The molecule has 0 amide bonds. The van der Waals surface area contributed by atoms with E-state index in [4.69, 9.17) is 10.00 Å². The Bertz CT molecular complexity index is 219. The van der Waals surface area contributed by atoms with Gasteiger partial charge in [-0.2, -0.15) is 5.26 Å². The fourth-order valence-corrected chi connectivity index (χ4v) is 1.64. The molecule has 1 saturated carbocycles. The van der Waals surface area contributed by atoms with Crippen LogP contribution >= 0.6 is 0 Å². The first kappa shape index (κ1) is 10.0. The summed E-state index contributed by atoms with van der Waals surface area (Å²) in [5.41, 5.74) is 0. The van der Waals surface area contributed by atoms with Crippen LogP contribution in [0.2, 0.25) is 0 Å². The fourth-order valence-electron chi connectivity index (χ4n) is 1.64. The van der Waals surface area contributed by atoms with Gasteiger partial charge in [0.2, 0.25) is 0 Å². The second-order valence-corrected chi connectivity index (χ2v) is 3.40. The van der Waals surface area contributed by atoms with Crippen LogP contribution in [0.4, 0.5) is 0 Å². The van der Waals surface area contributed by atoms with Crippen molar-refractivity contribution in [1.29, 1.82) is 5.26 Å². The molecule has 1 aliphatic rings. The Hall–Kier alpha value is -1.04. The summed E-state index contributed by atoms with van der Waals surface area (Å²) in [4.78, 5) is 11.0. The van der Waals surface area contributed by atoms with Crippen LogP contribution in [0, 0.1) is 17.2 Å². The Kier molecular flexibility index (Phi) is 3.75. The number of nitriles is 1. The first-order chi connectivity index (χ1) is 6.27. The van der Waals surface area contributed by atoms with Crippen molar-refractivity contribution in [3.63, 3.8) is 0 Å². The molecule has 1 rings (SSSR count). The number of carbonyl (C=O) groups is 1. The monoisotopic (exact) mass is 181 g/mol. The molecule has 3 heteroatoms. The maximum atomic E-state index is 11.0. The highest BCUT2D eigenvalue weighted by molar-refractivity contribution is 5.69. The van der Waals surface area contributed by atoms with Crippen LogP contribution in [0.25, 0.3) is 0 Å². The minimum Gasteiger partial charge on any atom is -0.461 e. The van der Waals surface area contributed by atoms with E-state index in [9.17, 15) is 4.79 Å². The van der Waals surface area contributed by atoms with Crippen molar-refractivity contribution in [2.75, 3.05) is 0 Å². The first-order valence-corrected chi connectivity index (χ1v) is 4.87. The average molecular weight is 181 g/mol. The molecule has 72 valence electrons. The molecule has 1 aliphatic carbocycles. The van der Waals surface area contributed by atoms with E-state index in [1.807, 2.05) is 0 Å². The zero-order valence-electron chi connectivity index (χ0n) is 7.95. The van der Waals surface area contributed by atoms with Crippen LogP contribution in [0.1, 0.15) is 39.0 Å². The summed E-state index contributed by atoms with van der Waals surface area (Å²) < 4.78 is 5.18. The van der Waals surface area contributed by atoms with Gasteiger partial charge in [0.25, 0.3) is 0 Å². The van der Waals surface area contributed by atoms with Crippen LogP contribution in [0.3, 0.4) is 0 Å². The predicted molar refractivity (Wildman–Crippen MR) is 47.7 cm³/mol. The quantitative estimate of drug-likeness (QED) is 0.612. The molecule has 2 atom stereocenters.